The molecule has 0 heterocycles. The molecule has 0 saturated carbocycles. The van der Waals surface area contributed by atoms with E-state index in [1.165, 1.54) is 6.08 Å². The van der Waals surface area contributed by atoms with Crippen molar-refractivity contribution in [2.75, 3.05) is 6.54 Å². The van der Waals surface area contributed by atoms with Crippen molar-refractivity contribution in [2.24, 2.45) is 0 Å². The van der Waals surface area contributed by atoms with Gasteiger partial charge in [-0.25, -0.2) is 4.79 Å². The number of ether oxygens (including phenoxy) is 1. The Kier molecular flexibility index (Phi) is 7.30. The number of esters is 1. The van der Waals surface area contributed by atoms with Crippen LogP contribution in [-0.2, 0) is 9.53 Å². The number of hydrogen-bond acceptors (Lipinski definition) is 3. The first-order valence-electron chi connectivity index (χ1n) is 4.81. The van der Waals surface area contributed by atoms with E-state index in [4.69, 9.17) is 4.74 Å². The molecule has 1 unspecified atom stereocenters. The van der Waals surface area contributed by atoms with E-state index >= 15 is 0 Å². The van der Waals surface area contributed by atoms with Gasteiger partial charge in [-0.15, -0.1) is 0 Å². The molecule has 0 aromatic carbocycles. The molecule has 0 bridgehead atoms. The van der Waals surface area contributed by atoms with Crippen LogP contribution in [0.2, 0.25) is 0 Å². The number of hydrogen-bond donors (Lipinski definition) is 1. The van der Waals surface area contributed by atoms with Crippen molar-refractivity contribution in [3.05, 3.63) is 12.7 Å². The molecule has 0 spiro atoms. The molecule has 13 heavy (non-hydrogen) atoms. The van der Waals surface area contributed by atoms with Gasteiger partial charge in [-0.05, 0) is 19.4 Å². The van der Waals surface area contributed by atoms with E-state index < -0.39 is 0 Å². The normalized spacial score (nSPS) is 12.2. The summed E-state index contributed by atoms with van der Waals surface area (Å²) in [7, 11) is 0. The fraction of sp³-hybridized carbons (Fsp3) is 0.700. The predicted molar refractivity (Wildman–Crippen MR) is 53.3 cm³/mol. The Hall–Kier alpha value is -0.830. The Bertz CT molecular complexity index is 157. The maximum Gasteiger partial charge on any atom is 0.331 e. The van der Waals surface area contributed by atoms with Gasteiger partial charge in [0.2, 0.25) is 0 Å². The summed E-state index contributed by atoms with van der Waals surface area (Å²) in [6.07, 6.45) is 4.03. The van der Waals surface area contributed by atoms with Crippen LogP contribution in [0, 0.1) is 0 Å². The first-order valence-corrected chi connectivity index (χ1v) is 4.81. The van der Waals surface area contributed by atoms with E-state index in [1.54, 1.807) is 0 Å². The van der Waals surface area contributed by atoms with E-state index in [0.29, 0.717) is 0 Å². The molecule has 0 aliphatic heterocycles. The summed E-state index contributed by atoms with van der Waals surface area (Å²) in [5.41, 5.74) is 0. The van der Waals surface area contributed by atoms with Crippen LogP contribution in [-0.4, -0.2) is 18.7 Å². The standard InChI is InChI=1S/C10H19NO2/c1-4-7-8-11-9(5-2)13-10(12)6-3/h6,9,11H,3-5,7-8H2,1-2H3. The SMILES string of the molecule is C=CC(=O)OC(CC)NCCCC. The van der Waals surface area contributed by atoms with Crippen LogP contribution in [0.25, 0.3) is 0 Å². The van der Waals surface area contributed by atoms with Crippen molar-refractivity contribution >= 4 is 5.97 Å². The highest BCUT2D eigenvalue weighted by Gasteiger charge is 2.07. The molecule has 3 heteroatoms. The van der Waals surface area contributed by atoms with Gasteiger partial charge >= 0.3 is 5.97 Å². The zero-order chi connectivity index (χ0) is 10.1. The summed E-state index contributed by atoms with van der Waals surface area (Å²) in [4.78, 5) is 10.8. The molecule has 0 radical (unpaired) electrons. The van der Waals surface area contributed by atoms with E-state index in [-0.39, 0.29) is 12.2 Å². The Labute approximate surface area is 80.2 Å². The molecule has 0 amide bonds. The second-order valence-corrected chi connectivity index (χ2v) is 2.85. The lowest BCUT2D eigenvalue weighted by molar-refractivity contribution is -0.144. The molecule has 1 N–H and O–H groups in total. The molecule has 0 aliphatic carbocycles. The minimum atomic E-state index is -0.365. The molecule has 0 rings (SSSR count). The van der Waals surface area contributed by atoms with Crippen LogP contribution < -0.4 is 5.32 Å². The molecule has 0 aromatic rings. The Morgan fingerprint density at radius 1 is 1.62 bits per heavy atom. The summed E-state index contributed by atoms with van der Waals surface area (Å²) >= 11 is 0. The number of carbonyl (C=O) groups excluding carboxylic acids is 1. The summed E-state index contributed by atoms with van der Waals surface area (Å²) < 4.78 is 5.03. The highest BCUT2D eigenvalue weighted by molar-refractivity contribution is 5.81. The molecule has 0 aromatic heterocycles. The van der Waals surface area contributed by atoms with E-state index in [2.05, 4.69) is 18.8 Å². The first-order chi connectivity index (χ1) is 6.24. The number of rotatable bonds is 7. The van der Waals surface area contributed by atoms with Crippen LogP contribution >= 0.6 is 0 Å². The summed E-state index contributed by atoms with van der Waals surface area (Å²) in [6.45, 7) is 8.33. The maximum absolute atomic E-state index is 10.8. The lowest BCUT2D eigenvalue weighted by atomic mass is 10.3. The highest BCUT2D eigenvalue weighted by Crippen LogP contribution is 1.95. The number of carbonyl (C=O) groups is 1. The van der Waals surface area contributed by atoms with E-state index in [1.807, 2.05) is 6.92 Å². The maximum atomic E-state index is 10.8. The summed E-state index contributed by atoms with van der Waals surface area (Å²) in [6, 6.07) is 0. The van der Waals surface area contributed by atoms with Crippen molar-refractivity contribution in [1.82, 2.24) is 5.32 Å². The van der Waals surface area contributed by atoms with E-state index in [9.17, 15) is 4.79 Å². The third-order valence-corrected chi connectivity index (χ3v) is 1.70. The van der Waals surface area contributed by atoms with Crippen LogP contribution in [0.5, 0.6) is 0 Å². The molecule has 0 aliphatic rings. The van der Waals surface area contributed by atoms with E-state index in [0.717, 1.165) is 25.8 Å². The molecule has 3 nitrogen and oxygen atoms in total. The van der Waals surface area contributed by atoms with Gasteiger partial charge in [0.25, 0.3) is 0 Å². The third-order valence-electron chi connectivity index (χ3n) is 1.70. The number of nitrogens with one attached hydrogen (secondary N) is 1. The van der Waals surface area contributed by atoms with Gasteiger partial charge in [0.1, 0.15) is 0 Å². The smallest absolute Gasteiger partial charge is 0.331 e. The van der Waals surface area contributed by atoms with Crippen molar-refractivity contribution in [1.29, 1.82) is 0 Å². The highest BCUT2D eigenvalue weighted by atomic mass is 16.6. The van der Waals surface area contributed by atoms with Crippen LogP contribution in [0.4, 0.5) is 0 Å². The Balaban J connectivity index is 3.62. The van der Waals surface area contributed by atoms with Crippen molar-refractivity contribution in [2.45, 2.75) is 39.3 Å². The molecular formula is C10H19NO2. The summed E-state index contributed by atoms with van der Waals surface area (Å²) in [5.74, 6) is -0.365. The lowest BCUT2D eigenvalue weighted by Crippen LogP contribution is -2.33. The minimum Gasteiger partial charge on any atom is -0.443 e. The van der Waals surface area contributed by atoms with Gasteiger partial charge in [-0.2, -0.15) is 0 Å². The van der Waals surface area contributed by atoms with Crippen molar-refractivity contribution < 1.29 is 9.53 Å². The zero-order valence-corrected chi connectivity index (χ0v) is 8.51. The molecule has 1 atom stereocenters. The average molecular weight is 185 g/mol. The van der Waals surface area contributed by atoms with Gasteiger partial charge in [0.05, 0.1) is 0 Å². The first kappa shape index (κ1) is 12.2. The quantitative estimate of drug-likeness (QED) is 0.285. The second kappa shape index (κ2) is 7.80. The minimum absolute atomic E-state index is 0.169. The molecule has 76 valence electrons. The topological polar surface area (TPSA) is 38.3 Å². The fourth-order valence-corrected chi connectivity index (χ4v) is 0.897. The van der Waals surface area contributed by atoms with Crippen LogP contribution in [0.1, 0.15) is 33.1 Å². The van der Waals surface area contributed by atoms with Crippen molar-refractivity contribution in [3.63, 3.8) is 0 Å². The average Bonchev–Trinajstić information content (AvgIpc) is 2.16. The monoisotopic (exact) mass is 185 g/mol. The predicted octanol–water partition coefficient (Wildman–Crippen LogP) is 1.84. The summed E-state index contributed by atoms with van der Waals surface area (Å²) in [5, 5.41) is 3.14. The molecule has 0 saturated heterocycles. The third kappa shape index (κ3) is 6.34. The Morgan fingerprint density at radius 2 is 2.31 bits per heavy atom. The second-order valence-electron chi connectivity index (χ2n) is 2.85. The van der Waals surface area contributed by atoms with Gasteiger partial charge in [0, 0.05) is 6.08 Å². The lowest BCUT2D eigenvalue weighted by Gasteiger charge is -2.16. The van der Waals surface area contributed by atoms with Gasteiger partial charge in [-0.1, -0.05) is 26.8 Å². The van der Waals surface area contributed by atoms with Gasteiger partial charge in [0.15, 0.2) is 6.23 Å². The van der Waals surface area contributed by atoms with Gasteiger partial charge in [-0.3, -0.25) is 5.32 Å². The van der Waals surface area contributed by atoms with Crippen LogP contribution in [0.15, 0.2) is 12.7 Å². The van der Waals surface area contributed by atoms with Crippen molar-refractivity contribution in [3.8, 4) is 0 Å². The molecular weight excluding hydrogens is 166 g/mol. The number of unbranched alkanes of at least 4 members (excludes halogenated alkanes) is 1. The zero-order valence-electron chi connectivity index (χ0n) is 8.51. The van der Waals surface area contributed by atoms with Crippen LogP contribution in [0.3, 0.4) is 0 Å². The molecule has 0 fully saturated rings. The largest absolute Gasteiger partial charge is 0.443 e. The van der Waals surface area contributed by atoms with Gasteiger partial charge < -0.3 is 4.74 Å². The fourth-order valence-electron chi connectivity index (χ4n) is 0.897. The Morgan fingerprint density at radius 3 is 2.77 bits per heavy atom.